The molecule has 3 aromatic carbocycles. The van der Waals surface area contributed by atoms with Crippen molar-refractivity contribution in [1.29, 1.82) is 0 Å². The molecule has 1 N–H and O–H groups in total. The lowest BCUT2D eigenvalue weighted by Gasteiger charge is -2.38. The van der Waals surface area contributed by atoms with Crippen molar-refractivity contribution in [3.8, 4) is 11.1 Å². The molecule has 3 atom stereocenters. The third-order valence-electron chi connectivity index (χ3n) is 5.64. The predicted molar refractivity (Wildman–Crippen MR) is 105 cm³/mol. The molecule has 0 bridgehead atoms. The fourth-order valence-electron chi connectivity index (χ4n) is 4.47. The zero-order valence-electron chi connectivity index (χ0n) is 14.1. The zero-order chi connectivity index (χ0) is 16.6. The maximum Gasteiger partial charge on any atom is 0.0554 e. The number of rotatable bonds is 2. The molecule has 3 aromatic rings. The van der Waals surface area contributed by atoms with Crippen LogP contribution in [0.2, 0.25) is 0 Å². The Morgan fingerprint density at radius 3 is 2.32 bits per heavy atom. The van der Waals surface area contributed by atoms with Gasteiger partial charge < -0.3 is 5.32 Å². The number of nitrogens with one attached hydrogen (secondary N) is 1. The lowest BCUT2D eigenvalue weighted by atomic mass is 9.76. The third kappa shape index (κ3) is 2.39. The minimum Gasteiger partial charge on any atom is -0.377 e. The average Bonchev–Trinajstić information content (AvgIpc) is 3.18. The first-order valence-electron chi connectivity index (χ1n) is 9.08. The number of hydrogen-bond donors (Lipinski definition) is 1. The van der Waals surface area contributed by atoms with Gasteiger partial charge in [0.25, 0.3) is 0 Å². The van der Waals surface area contributed by atoms with Crippen LogP contribution in [0, 0.1) is 5.92 Å². The van der Waals surface area contributed by atoms with Crippen LogP contribution >= 0.6 is 0 Å². The third-order valence-corrected chi connectivity index (χ3v) is 5.64. The Morgan fingerprint density at radius 2 is 1.52 bits per heavy atom. The molecule has 122 valence electrons. The fourth-order valence-corrected chi connectivity index (χ4v) is 4.47. The van der Waals surface area contributed by atoms with Crippen LogP contribution in [0.3, 0.4) is 0 Å². The molecule has 5 rings (SSSR count). The Morgan fingerprint density at radius 1 is 0.760 bits per heavy atom. The number of anilines is 1. The molecule has 1 heterocycles. The first-order valence-corrected chi connectivity index (χ1v) is 9.08. The Bertz CT molecular complexity index is 911. The number of fused-ring (bicyclic) bond motifs is 3. The van der Waals surface area contributed by atoms with E-state index in [9.17, 15) is 0 Å². The van der Waals surface area contributed by atoms with E-state index in [4.69, 9.17) is 0 Å². The van der Waals surface area contributed by atoms with E-state index >= 15 is 0 Å². The maximum absolute atomic E-state index is 3.91. The number of para-hydroxylation sites is 1. The molecule has 0 spiro atoms. The lowest BCUT2D eigenvalue weighted by Crippen LogP contribution is -2.29. The molecular weight excluding hydrogens is 302 g/mol. The summed E-state index contributed by atoms with van der Waals surface area (Å²) in [4.78, 5) is 0. The van der Waals surface area contributed by atoms with Crippen LogP contribution in [0.15, 0.2) is 91.0 Å². The average molecular weight is 323 g/mol. The Balaban J connectivity index is 1.67. The first kappa shape index (κ1) is 14.5. The topological polar surface area (TPSA) is 12.0 Å². The minimum absolute atomic E-state index is 0.360. The van der Waals surface area contributed by atoms with Gasteiger partial charge >= 0.3 is 0 Å². The highest BCUT2D eigenvalue weighted by Crippen LogP contribution is 2.51. The van der Waals surface area contributed by atoms with Crippen LogP contribution < -0.4 is 5.32 Å². The van der Waals surface area contributed by atoms with Gasteiger partial charge in [0.15, 0.2) is 0 Å². The molecule has 25 heavy (non-hydrogen) atoms. The van der Waals surface area contributed by atoms with Crippen LogP contribution in [0.1, 0.15) is 29.5 Å². The van der Waals surface area contributed by atoms with Crippen molar-refractivity contribution in [2.45, 2.75) is 18.4 Å². The van der Waals surface area contributed by atoms with E-state index in [0.717, 1.165) is 6.42 Å². The van der Waals surface area contributed by atoms with Crippen LogP contribution in [-0.2, 0) is 0 Å². The van der Waals surface area contributed by atoms with E-state index in [1.54, 1.807) is 0 Å². The van der Waals surface area contributed by atoms with Crippen LogP contribution in [-0.4, -0.2) is 0 Å². The molecule has 0 saturated carbocycles. The van der Waals surface area contributed by atoms with Gasteiger partial charge in [-0.2, -0.15) is 0 Å². The highest BCUT2D eigenvalue weighted by Gasteiger charge is 2.38. The van der Waals surface area contributed by atoms with Gasteiger partial charge in [0.1, 0.15) is 0 Å². The molecule has 0 unspecified atom stereocenters. The van der Waals surface area contributed by atoms with Crippen molar-refractivity contribution in [1.82, 2.24) is 0 Å². The summed E-state index contributed by atoms with van der Waals surface area (Å²) in [6.45, 7) is 0. The van der Waals surface area contributed by atoms with Gasteiger partial charge in [-0.25, -0.2) is 0 Å². The van der Waals surface area contributed by atoms with Crippen molar-refractivity contribution >= 4 is 5.69 Å². The molecule has 0 saturated heterocycles. The molecule has 1 aliphatic heterocycles. The summed E-state index contributed by atoms with van der Waals surface area (Å²) in [7, 11) is 0. The molecule has 0 aromatic heterocycles. The molecule has 1 heteroatoms. The highest BCUT2D eigenvalue weighted by molar-refractivity contribution is 5.82. The molecule has 0 fully saturated rings. The summed E-state index contributed by atoms with van der Waals surface area (Å²) in [5.41, 5.74) is 6.70. The summed E-state index contributed by atoms with van der Waals surface area (Å²) in [5, 5.41) is 3.91. The van der Waals surface area contributed by atoms with Gasteiger partial charge in [-0.3, -0.25) is 0 Å². The largest absolute Gasteiger partial charge is 0.377 e. The van der Waals surface area contributed by atoms with E-state index < -0.39 is 0 Å². The number of hydrogen-bond acceptors (Lipinski definition) is 1. The van der Waals surface area contributed by atoms with E-state index in [0.29, 0.717) is 17.9 Å². The van der Waals surface area contributed by atoms with E-state index in [1.807, 2.05) is 0 Å². The van der Waals surface area contributed by atoms with E-state index in [2.05, 4.69) is 96.3 Å². The molecule has 1 aliphatic carbocycles. The highest BCUT2D eigenvalue weighted by atomic mass is 15.0. The molecule has 1 nitrogen and oxygen atoms in total. The van der Waals surface area contributed by atoms with Crippen LogP contribution in [0.25, 0.3) is 11.1 Å². The van der Waals surface area contributed by atoms with Gasteiger partial charge in [0.05, 0.1) is 6.04 Å². The predicted octanol–water partition coefficient (Wildman–Crippen LogP) is 6.18. The lowest BCUT2D eigenvalue weighted by molar-refractivity contribution is 0.426. The van der Waals surface area contributed by atoms with Crippen molar-refractivity contribution in [3.05, 3.63) is 102 Å². The standard InChI is InChI=1S/C24H21N/c1-3-9-17(10-4-1)19-13-7-16-22-20-14-8-15-21(20)23(25-24(19)22)18-11-5-2-6-12-18/h1-14,16,20-21,23,25H,15H2/t20-,21+,23-/m0/s1. The molecular formula is C24H21N. The molecule has 0 radical (unpaired) electrons. The fraction of sp³-hybridized carbons (Fsp3) is 0.167. The van der Waals surface area contributed by atoms with Gasteiger partial charge in [-0.1, -0.05) is 91.0 Å². The number of allylic oxidation sites excluding steroid dienone is 2. The first-order chi connectivity index (χ1) is 12.4. The second-order valence-electron chi connectivity index (χ2n) is 7.02. The second kappa shape index (κ2) is 5.93. The van der Waals surface area contributed by atoms with Crippen LogP contribution in [0.5, 0.6) is 0 Å². The SMILES string of the molecule is C1=C[C@@H]2c3cccc(-c4ccccc4)c3N[C@@H](c3ccccc3)[C@@H]2C1. The normalized spacial score (nSPS) is 23.6. The van der Waals surface area contributed by atoms with Gasteiger partial charge in [-0.15, -0.1) is 0 Å². The summed E-state index contributed by atoms with van der Waals surface area (Å²) in [6.07, 6.45) is 5.92. The van der Waals surface area contributed by atoms with Gasteiger partial charge in [0, 0.05) is 17.2 Å². The smallest absolute Gasteiger partial charge is 0.0554 e. The summed E-state index contributed by atoms with van der Waals surface area (Å²) in [5.74, 6) is 1.10. The monoisotopic (exact) mass is 323 g/mol. The number of benzene rings is 3. The van der Waals surface area contributed by atoms with Gasteiger partial charge in [-0.05, 0) is 29.0 Å². The summed E-state index contributed by atoms with van der Waals surface area (Å²) >= 11 is 0. The zero-order valence-corrected chi connectivity index (χ0v) is 14.1. The summed E-state index contributed by atoms with van der Waals surface area (Å²) in [6, 6.07) is 28.7. The maximum atomic E-state index is 3.91. The van der Waals surface area contributed by atoms with Gasteiger partial charge in [0.2, 0.25) is 0 Å². The van der Waals surface area contributed by atoms with Crippen molar-refractivity contribution in [3.63, 3.8) is 0 Å². The van der Waals surface area contributed by atoms with Crippen molar-refractivity contribution < 1.29 is 0 Å². The second-order valence-corrected chi connectivity index (χ2v) is 7.02. The van der Waals surface area contributed by atoms with Crippen LogP contribution in [0.4, 0.5) is 5.69 Å². The Labute approximate surface area is 149 Å². The molecule has 2 aliphatic rings. The Hall–Kier alpha value is -2.80. The van der Waals surface area contributed by atoms with E-state index in [-0.39, 0.29) is 0 Å². The summed E-state index contributed by atoms with van der Waals surface area (Å²) < 4.78 is 0. The quantitative estimate of drug-likeness (QED) is 0.555. The minimum atomic E-state index is 0.360. The Kier molecular flexibility index (Phi) is 3.45. The van der Waals surface area contributed by atoms with E-state index in [1.165, 1.54) is 27.9 Å². The molecule has 0 amide bonds. The van der Waals surface area contributed by atoms with Crippen molar-refractivity contribution in [2.24, 2.45) is 5.92 Å². The van der Waals surface area contributed by atoms with Crippen molar-refractivity contribution in [2.75, 3.05) is 5.32 Å².